The first-order valence-corrected chi connectivity index (χ1v) is 12.3. The van der Waals surface area contributed by atoms with Crippen LogP contribution >= 0.6 is 0 Å². The highest BCUT2D eigenvalue weighted by Crippen LogP contribution is 2.47. The van der Waals surface area contributed by atoms with Crippen molar-refractivity contribution < 1.29 is 14.7 Å². The highest BCUT2D eigenvalue weighted by molar-refractivity contribution is 5.98. The highest BCUT2D eigenvalue weighted by atomic mass is 16.3. The van der Waals surface area contributed by atoms with E-state index in [2.05, 4.69) is 12.1 Å². The van der Waals surface area contributed by atoms with Gasteiger partial charge >= 0.3 is 0 Å². The van der Waals surface area contributed by atoms with Gasteiger partial charge in [-0.1, -0.05) is 6.07 Å². The Hall–Kier alpha value is -2.41. The van der Waals surface area contributed by atoms with Gasteiger partial charge in [0.1, 0.15) is 6.54 Å². The minimum Gasteiger partial charge on any atom is -0.393 e. The van der Waals surface area contributed by atoms with Gasteiger partial charge in [0.25, 0.3) is 5.91 Å². The van der Waals surface area contributed by atoms with Gasteiger partial charge in [0.15, 0.2) is 5.82 Å². The number of rotatable bonds is 4. The van der Waals surface area contributed by atoms with E-state index in [9.17, 15) is 14.7 Å². The lowest BCUT2D eigenvalue weighted by Crippen LogP contribution is -2.56. The molecule has 170 valence electrons. The Kier molecular flexibility index (Phi) is 4.79. The quantitative estimate of drug-likeness (QED) is 0.799. The summed E-state index contributed by atoms with van der Waals surface area (Å²) in [5.74, 6) is 1.55. The fourth-order valence-corrected chi connectivity index (χ4v) is 5.64. The molecule has 0 spiro atoms. The molecule has 4 fully saturated rings. The maximum absolute atomic E-state index is 13.4. The molecule has 3 aliphatic carbocycles. The molecule has 0 unspecified atom stereocenters. The average Bonchev–Trinajstić information content (AvgIpc) is 3.71. The molecule has 0 radical (unpaired) electrons. The lowest BCUT2D eigenvalue weighted by Gasteiger charge is -2.41. The monoisotopic (exact) mass is 436 g/mol. The van der Waals surface area contributed by atoms with Crippen molar-refractivity contribution in [2.45, 2.75) is 75.3 Å². The first-order valence-electron chi connectivity index (χ1n) is 12.3. The molecule has 1 aliphatic heterocycles. The Morgan fingerprint density at radius 2 is 1.72 bits per heavy atom. The van der Waals surface area contributed by atoms with Crippen molar-refractivity contribution in [2.75, 3.05) is 19.6 Å². The molecule has 0 atom stereocenters. The molecule has 0 bridgehead atoms. The van der Waals surface area contributed by atoms with Crippen molar-refractivity contribution in [2.24, 2.45) is 7.05 Å². The van der Waals surface area contributed by atoms with E-state index in [0.717, 1.165) is 36.7 Å². The number of hydrogen-bond acceptors (Lipinski definition) is 4. The van der Waals surface area contributed by atoms with Gasteiger partial charge in [-0.25, -0.2) is 4.98 Å². The fraction of sp³-hybridized carbons (Fsp3) is 0.640. The second kappa shape index (κ2) is 7.58. The molecule has 4 aliphatic rings. The third-order valence-corrected chi connectivity index (χ3v) is 7.95. The average molecular weight is 437 g/mol. The van der Waals surface area contributed by atoms with Gasteiger partial charge in [-0.15, -0.1) is 0 Å². The SMILES string of the molecule is Cn1c(C(=O)N2CCN([C@H]3CC[C@H](O)CC3)C(=O)C2)nc2c(C3CC3)cc(C3CC3)cc21. The zero-order valence-electron chi connectivity index (χ0n) is 18.8. The standard InChI is InChI=1S/C25H32N4O3/c1-27-21-13-17(15-2-3-15)12-20(16-4-5-16)23(21)26-24(27)25(32)28-10-11-29(22(31)14-28)18-6-8-19(30)9-7-18/h12-13,15-16,18-19,30H,2-11,14H2,1H3/t18-,19-. The van der Waals surface area contributed by atoms with E-state index in [-0.39, 0.29) is 30.5 Å². The number of amides is 2. The number of aliphatic hydroxyl groups excluding tert-OH is 1. The van der Waals surface area contributed by atoms with Crippen LogP contribution in [0.15, 0.2) is 12.1 Å². The second-order valence-electron chi connectivity index (χ2n) is 10.3. The Balaban J connectivity index is 1.24. The summed E-state index contributed by atoms with van der Waals surface area (Å²) in [7, 11) is 1.93. The molecule has 1 aromatic heterocycles. The lowest BCUT2D eigenvalue weighted by atomic mass is 9.91. The molecule has 1 N–H and O–H groups in total. The summed E-state index contributed by atoms with van der Waals surface area (Å²) in [6.07, 6.45) is 7.89. The lowest BCUT2D eigenvalue weighted by molar-refractivity contribution is -0.138. The van der Waals surface area contributed by atoms with Gasteiger partial charge in [-0.2, -0.15) is 0 Å². The second-order valence-corrected chi connectivity index (χ2v) is 10.3. The van der Waals surface area contributed by atoms with E-state index in [4.69, 9.17) is 4.98 Å². The van der Waals surface area contributed by atoms with Crippen LogP contribution in [0.3, 0.4) is 0 Å². The summed E-state index contributed by atoms with van der Waals surface area (Å²) >= 11 is 0. The number of piperazine rings is 1. The van der Waals surface area contributed by atoms with E-state index >= 15 is 0 Å². The molecule has 7 heteroatoms. The number of aliphatic hydroxyl groups is 1. The number of aryl methyl sites for hydroxylation is 1. The van der Waals surface area contributed by atoms with Crippen LogP contribution in [-0.2, 0) is 11.8 Å². The van der Waals surface area contributed by atoms with Gasteiger partial charge < -0.3 is 19.5 Å². The van der Waals surface area contributed by atoms with Crippen LogP contribution in [0.2, 0.25) is 0 Å². The molecule has 7 nitrogen and oxygen atoms in total. The van der Waals surface area contributed by atoms with Crippen LogP contribution in [0.4, 0.5) is 0 Å². The van der Waals surface area contributed by atoms with E-state index in [1.54, 1.807) is 4.90 Å². The molecule has 6 rings (SSSR count). The number of fused-ring (bicyclic) bond motifs is 1. The molecule has 3 saturated carbocycles. The first-order chi connectivity index (χ1) is 15.5. The topological polar surface area (TPSA) is 78.7 Å². The van der Waals surface area contributed by atoms with Crippen molar-refractivity contribution in [3.8, 4) is 0 Å². The van der Waals surface area contributed by atoms with Crippen LogP contribution in [0, 0.1) is 0 Å². The van der Waals surface area contributed by atoms with Gasteiger partial charge in [-0.3, -0.25) is 9.59 Å². The summed E-state index contributed by atoms with van der Waals surface area (Å²) in [6, 6.07) is 4.76. The molecule has 32 heavy (non-hydrogen) atoms. The Labute approximate surface area is 188 Å². The number of imidazole rings is 1. The largest absolute Gasteiger partial charge is 0.393 e. The van der Waals surface area contributed by atoms with Gasteiger partial charge in [-0.05, 0) is 80.4 Å². The van der Waals surface area contributed by atoms with Crippen molar-refractivity contribution >= 4 is 22.8 Å². The molecule has 2 aromatic rings. The predicted molar refractivity (Wildman–Crippen MR) is 121 cm³/mol. The molecule has 1 aromatic carbocycles. The molecular formula is C25H32N4O3. The van der Waals surface area contributed by atoms with E-state index in [1.165, 1.54) is 36.8 Å². The fourth-order valence-electron chi connectivity index (χ4n) is 5.64. The van der Waals surface area contributed by atoms with Crippen LogP contribution in [-0.4, -0.2) is 68.1 Å². The van der Waals surface area contributed by atoms with E-state index in [1.807, 2.05) is 16.5 Å². The Morgan fingerprint density at radius 3 is 2.38 bits per heavy atom. The maximum atomic E-state index is 13.4. The van der Waals surface area contributed by atoms with Crippen LogP contribution in [0.5, 0.6) is 0 Å². The maximum Gasteiger partial charge on any atom is 0.290 e. The summed E-state index contributed by atoms with van der Waals surface area (Å²) in [5, 5.41) is 9.76. The van der Waals surface area contributed by atoms with E-state index < -0.39 is 0 Å². The summed E-state index contributed by atoms with van der Waals surface area (Å²) in [4.78, 5) is 34.7. The van der Waals surface area contributed by atoms with Crippen molar-refractivity contribution in [1.29, 1.82) is 0 Å². The predicted octanol–water partition coefficient (Wildman–Crippen LogP) is 2.92. The molecule has 2 amide bonds. The smallest absolute Gasteiger partial charge is 0.290 e. The molecule has 1 saturated heterocycles. The van der Waals surface area contributed by atoms with Gasteiger partial charge in [0, 0.05) is 26.2 Å². The number of nitrogens with zero attached hydrogens (tertiary/aromatic N) is 4. The minimum absolute atomic E-state index is 0.0134. The number of benzene rings is 1. The third-order valence-electron chi connectivity index (χ3n) is 7.95. The van der Waals surface area contributed by atoms with Crippen molar-refractivity contribution in [3.63, 3.8) is 0 Å². The zero-order chi connectivity index (χ0) is 22.0. The number of carbonyl (C=O) groups is 2. The molecule has 2 heterocycles. The van der Waals surface area contributed by atoms with Crippen molar-refractivity contribution in [1.82, 2.24) is 19.4 Å². The summed E-state index contributed by atoms with van der Waals surface area (Å²) in [6.45, 7) is 1.22. The van der Waals surface area contributed by atoms with E-state index in [0.29, 0.717) is 30.7 Å². The highest BCUT2D eigenvalue weighted by Gasteiger charge is 2.36. The van der Waals surface area contributed by atoms with Gasteiger partial charge in [0.05, 0.1) is 17.1 Å². The molecular weight excluding hydrogens is 404 g/mol. The van der Waals surface area contributed by atoms with Gasteiger partial charge in [0.2, 0.25) is 5.91 Å². The van der Waals surface area contributed by atoms with Crippen molar-refractivity contribution in [3.05, 3.63) is 29.1 Å². The normalized spacial score (nSPS) is 26.8. The Bertz CT molecular complexity index is 1080. The minimum atomic E-state index is -0.234. The summed E-state index contributed by atoms with van der Waals surface area (Å²) < 4.78 is 1.94. The third kappa shape index (κ3) is 3.51. The van der Waals surface area contributed by atoms with Crippen LogP contribution in [0.1, 0.15) is 84.9 Å². The number of carbonyl (C=O) groups excluding carboxylic acids is 2. The zero-order valence-corrected chi connectivity index (χ0v) is 18.8. The Morgan fingerprint density at radius 1 is 1.00 bits per heavy atom. The summed E-state index contributed by atoms with van der Waals surface area (Å²) in [5.41, 5.74) is 4.71. The van der Waals surface area contributed by atoms with Crippen LogP contribution < -0.4 is 0 Å². The first kappa shape index (κ1) is 20.2. The number of aromatic nitrogens is 2. The van der Waals surface area contributed by atoms with Crippen LogP contribution in [0.25, 0.3) is 11.0 Å². The number of hydrogen-bond donors (Lipinski definition) is 1.